The van der Waals surface area contributed by atoms with Crippen LogP contribution in [0, 0.1) is 13.8 Å². The van der Waals surface area contributed by atoms with Gasteiger partial charge in [0, 0.05) is 13.1 Å². The van der Waals surface area contributed by atoms with Gasteiger partial charge < -0.3 is 10.6 Å². The van der Waals surface area contributed by atoms with E-state index in [9.17, 15) is 4.79 Å². The zero-order chi connectivity index (χ0) is 15.2. The zero-order valence-electron chi connectivity index (χ0n) is 12.8. The van der Waals surface area contributed by atoms with Crippen LogP contribution in [0.25, 0.3) is 5.69 Å². The average molecular weight is 286 g/mol. The first-order valence-corrected chi connectivity index (χ1v) is 7.24. The largest absolute Gasteiger partial charge is 0.351 e. The maximum Gasteiger partial charge on any atom is 0.254 e. The highest BCUT2D eigenvalue weighted by atomic mass is 16.1. The molecular formula is C16H22N4O. The standard InChI is InChI=1S/C16H22N4O/c1-4-17-9-10-18-16(21)14-11-19-20(13(14)3)15-8-6-5-7-12(15)2/h5-8,11,17H,4,9-10H2,1-3H3,(H,18,21). The third kappa shape index (κ3) is 3.49. The van der Waals surface area contributed by atoms with Gasteiger partial charge in [0.1, 0.15) is 0 Å². The highest BCUT2D eigenvalue weighted by Crippen LogP contribution is 2.17. The van der Waals surface area contributed by atoms with Crippen molar-refractivity contribution in [2.45, 2.75) is 20.8 Å². The predicted molar refractivity (Wildman–Crippen MR) is 83.9 cm³/mol. The smallest absolute Gasteiger partial charge is 0.254 e. The molecule has 5 nitrogen and oxygen atoms in total. The Morgan fingerprint density at radius 1 is 1.24 bits per heavy atom. The van der Waals surface area contributed by atoms with Gasteiger partial charge >= 0.3 is 0 Å². The fraction of sp³-hybridized carbons (Fsp3) is 0.375. The van der Waals surface area contributed by atoms with Gasteiger partial charge in [-0.1, -0.05) is 25.1 Å². The fourth-order valence-corrected chi connectivity index (χ4v) is 2.21. The lowest BCUT2D eigenvalue weighted by molar-refractivity contribution is 0.0953. The molecule has 21 heavy (non-hydrogen) atoms. The Hall–Kier alpha value is -2.14. The van der Waals surface area contributed by atoms with Crippen LogP contribution in [0.1, 0.15) is 28.5 Å². The van der Waals surface area contributed by atoms with Gasteiger partial charge in [-0.05, 0) is 32.0 Å². The van der Waals surface area contributed by atoms with Crippen molar-refractivity contribution in [1.29, 1.82) is 0 Å². The predicted octanol–water partition coefficient (Wildman–Crippen LogP) is 1.83. The second kappa shape index (κ2) is 7.04. The van der Waals surface area contributed by atoms with Crippen molar-refractivity contribution in [2.24, 2.45) is 0 Å². The molecule has 2 N–H and O–H groups in total. The average Bonchev–Trinajstić information content (AvgIpc) is 2.86. The highest BCUT2D eigenvalue weighted by molar-refractivity contribution is 5.95. The highest BCUT2D eigenvalue weighted by Gasteiger charge is 2.15. The maximum absolute atomic E-state index is 12.2. The monoisotopic (exact) mass is 286 g/mol. The van der Waals surface area contributed by atoms with Gasteiger partial charge in [-0.2, -0.15) is 5.10 Å². The van der Waals surface area contributed by atoms with Gasteiger partial charge in [0.2, 0.25) is 0 Å². The van der Waals surface area contributed by atoms with E-state index in [4.69, 9.17) is 0 Å². The van der Waals surface area contributed by atoms with Crippen LogP contribution in [0.4, 0.5) is 0 Å². The van der Waals surface area contributed by atoms with Crippen molar-refractivity contribution in [2.75, 3.05) is 19.6 Å². The summed E-state index contributed by atoms with van der Waals surface area (Å²) < 4.78 is 1.81. The topological polar surface area (TPSA) is 58.9 Å². The van der Waals surface area contributed by atoms with E-state index < -0.39 is 0 Å². The van der Waals surface area contributed by atoms with Gasteiger partial charge in [-0.3, -0.25) is 4.79 Å². The molecule has 1 amide bonds. The molecule has 112 valence electrons. The molecule has 1 aromatic carbocycles. The van der Waals surface area contributed by atoms with Crippen LogP contribution in [-0.2, 0) is 0 Å². The Kier molecular flexibility index (Phi) is 5.11. The summed E-state index contributed by atoms with van der Waals surface area (Å²) in [6.45, 7) is 8.28. The van der Waals surface area contributed by atoms with E-state index in [-0.39, 0.29) is 5.91 Å². The summed E-state index contributed by atoms with van der Waals surface area (Å²) in [5.41, 5.74) is 3.60. The number of aryl methyl sites for hydroxylation is 1. The van der Waals surface area contributed by atoms with Crippen molar-refractivity contribution >= 4 is 5.91 Å². The number of rotatable bonds is 6. The van der Waals surface area contributed by atoms with Crippen molar-refractivity contribution in [1.82, 2.24) is 20.4 Å². The molecule has 2 rings (SSSR count). The minimum atomic E-state index is -0.0785. The van der Waals surface area contributed by atoms with E-state index in [1.54, 1.807) is 6.20 Å². The van der Waals surface area contributed by atoms with E-state index in [2.05, 4.69) is 15.7 Å². The van der Waals surface area contributed by atoms with Crippen LogP contribution in [0.2, 0.25) is 0 Å². The molecule has 0 aliphatic rings. The quantitative estimate of drug-likeness (QED) is 0.797. The number of aromatic nitrogens is 2. The number of hydrogen-bond donors (Lipinski definition) is 2. The Morgan fingerprint density at radius 3 is 2.71 bits per heavy atom. The molecule has 0 aliphatic carbocycles. The molecule has 0 bridgehead atoms. The fourth-order valence-electron chi connectivity index (χ4n) is 2.21. The van der Waals surface area contributed by atoms with Gasteiger partial charge in [0.05, 0.1) is 23.1 Å². The minimum absolute atomic E-state index is 0.0785. The Balaban J connectivity index is 2.14. The lowest BCUT2D eigenvalue weighted by Gasteiger charge is -2.09. The number of carbonyl (C=O) groups excluding carboxylic acids is 1. The number of nitrogens with zero attached hydrogens (tertiary/aromatic N) is 2. The van der Waals surface area contributed by atoms with Crippen LogP contribution in [0.15, 0.2) is 30.5 Å². The van der Waals surface area contributed by atoms with Crippen molar-refractivity contribution in [3.05, 3.63) is 47.3 Å². The van der Waals surface area contributed by atoms with E-state index in [1.165, 1.54) is 0 Å². The molecular weight excluding hydrogens is 264 g/mol. The van der Waals surface area contributed by atoms with Gasteiger partial charge in [-0.25, -0.2) is 4.68 Å². The van der Waals surface area contributed by atoms with Crippen LogP contribution in [0.3, 0.4) is 0 Å². The third-order valence-electron chi connectivity index (χ3n) is 3.44. The summed E-state index contributed by atoms with van der Waals surface area (Å²) >= 11 is 0. The molecule has 0 radical (unpaired) electrons. The molecule has 0 aliphatic heterocycles. The Bertz CT molecular complexity index is 618. The number of nitrogens with one attached hydrogen (secondary N) is 2. The van der Waals surface area contributed by atoms with Gasteiger partial charge in [-0.15, -0.1) is 0 Å². The number of carbonyl (C=O) groups is 1. The maximum atomic E-state index is 12.2. The van der Waals surface area contributed by atoms with Gasteiger partial charge in [0.25, 0.3) is 5.91 Å². The van der Waals surface area contributed by atoms with Crippen molar-refractivity contribution in [3.63, 3.8) is 0 Å². The zero-order valence-corrected chi connectivity index (χ0v) is 12.8. The van der Waals surface area contributed by atoms with E-state index in [0.717, 1.165) is 30.0 Å². The first kappa shape index (κ1) is 15.3. The molecule has 1 heterocycles. The molecule has 0 unspecified atom stereocenters. The Labute approximate surface area is 125 Å². The summed E-state index contributed by atoms with van der Waals surface area (Å²) in [6.07, 6.45) is 1.63. The molecule has 5 heteroatoms. The summed E-state index contributed by atoms with van der Waals surface area (Å²) in [6, 6.07) is 8.00. The molecule has 0 saturated carbocycles. The lowest BCUT2D eigenvalue weighted by Crippen LogP contribution is -2.31. The number of para-hydroxylation sites is 1. The van der Waals surface area contributed by atoms with Crippen molar-refractivity contribution < 1.29 is 4.79 Å². The van der Waals surface area contributed by atoms with Crippen LogP contribution in [0.5, 0.6) is 0 Å². The third-order valence-corrected chi connectivity index (χ3v) is 3.44. The number of likely N-dealkylation sites (N-methyl/N-ethyl adjacent to an activating group) is 1. The summed E-state index contributed by atoms with van der Waals surface area (Å²) in [4.78, 5) is 12.2. The molecule has 2 aromatic rings. The van der Waals surface area contributed by atoms with Gasteiger partial charge in [0.15, 0.2) is 0 Å². The number of amides is 1. The van der Waals surface area contributed by atoms with E-state index in [1.807, 2.05) is 49.7 Å². The summed E-state index contributed by atoms with van der Waals surface area (Å²) in [7, 11) is 0. The summed E-state index contributed by atoms with van der Waals surface area (Å²) in [5, 5.41) is 10.4. The first-order chi connectivity index (χ1) is 10.1. The molecule has 0 spiro atoms. The lowest BCUT2D eigenvalue weighted by atomic mass is 10.2. The summed E-state index contributed by atoms with van der Waals surface area (Å²) in [5.74, 6) is -0.0785. The van der Waals surface area contributed by atoms with Crippen molar-refractivity contribution in [3.8, 4) is 5.69 Å². The molecule has 0 saturated heterocycles. The molecule has 0 fully saturated rings. The minimum Gasteiger partial charge on any atom is -0.351 e. The molecule has 0 atom stereocenters. The molecule has 1 aromatic heterocycles. The number of hydrogen-bond acceptors (Lipinski definition) is 3. The second-order valence-electron chi connectivity index (χ2n) is 4.95. The normalized spacial score (nSPS) is 10.6. The van der Waals surface area contributed by atoms with Crippen LogP contribution in [-0.4, -0.2) is 35.3 Å². The van der Waals surface area contributed by atoms with E-state index >= 15 is 0 Å². The van der Waals surface area contributed by atoms with E-state index in [0.29, 0.717) is 12.1 Å². The number of benzene rings is 1. The SMILES string of the molecule is CCNCCNC(=O)c1cnn(-c2ccccc2C)c1C. The first-order valence-electron chi connectivity index (χ1n) is 7.24. The van der Waals surface area contributed by atoms with Crippen LogP contribution < -0.4 is 10.6 Å². The second-order valence-corrected chi connectivity index (χ2v) is 4.95. The Morgan fingerprint density at radius 2 is 2.00 bits per heavy atom. The van der Waals surface area contributed by atoms with Crippen LogP contribution >= 0.6 is 0 Å².